The highest BCUT2D eigenvalue weighted by molar-refractivity contribution is 14.1. The molecular weight excluding hydrogens is 407 g/mol. The molecule has 20 heavy (non-hydrogen) atoms. The average molecular weight is 417 g/mol. The van der Waals surface area contributed by atoms with Crippen LogP contribution in [0.15, 0.2) is 42.5 Å². The van der Waals surface area contributed by atoms with Crippen LogP contribution in [0.4, 0.5) is 5.69 Å². The van der Waals surface area contributed by atoms with E-state index in [0.29, 0.717) is 21.3 Å². The van der Waals surface area contributed by atoms with E-state index < -0.39 is 0 Å². The number of nitrogens with two attached hydrogens (primary N) is 1. The van der Waals surface area contributed by atoms with Crippen LogP contribution in [-0.4, -0.2) is 10.9 Å². The smallest absolute Gasteiger partial charge is 0.256 e. The molecule has 0 saturated heterocycles. The summed E-state index contributed by atoms with van der Waals surface area (Å²) in [6.45, 7) is 0. The zero-order chi connectivity index (χ0) is 14.7. The van der Waals surface area contributed by atoms with Crippen LogP contribution in [0, 0.1) is 3.57 Å². The molecule has 102 valence electrons. The molecule has 3 N–H and O–H groups in total. The first-order chi connectivity index (χ1) is 9.47. The van der Waals surface area contributed by atoms with Crippen LogP contribution in [0.25, 0.3) is 0 Å². The number of carbonyl (C=O) groups is 1. The molecule has 0 fully saturated rings. The minimum atomic E-state index is -0.208. The van der Waals surface area contributed by atoms with Crippen LogP contribution in [0.3, 0.4) is 0 Å². The fourth-order valence-electron chi connectivity index (χ4n) is 1.59. The molecule has 0 unspecified atom stereocenters. The lowest BCUT2D eigenvalue weighted by Gasteiger charge is -2.08. The molecule has 2 aromatic rings. The van der Waals surface area contributed by atoms with Gasteiger partial charge < -0.3 is 11.1 Å². The van der Waals surface area contributed by atoms with E-state index in [-0.39, 0.29) is 5.91 Å². The molecule has 2 rings (SSSR count). The minimum absolute atomic E-state index is 0.208. The zero-order valence-electron chi connectivity index (χ0n) is 10.2. The molecule has 0 heterocycles. The standard InChI is InChI=1S/C14H10ClIN2OS/c15-9-3-6-12(16)11(7-9)14(19)18-10-4-1-8(2-5-10)13(17)20/h1-7H,(H2,17,20)(H,18,19). The van der Waals surface area contributed by atoms with Gasteiger partial charge >= 0.3 is 0 Å². The number of hydrogen-bond donors (Lipinski definition) is 2. The number of rotatable bonds is 3. The van der Waals surface area contributed by atoms with Crippen LogP contribution in [0.5, 0.6) is 0 Å². The van der Waals surface area contributed by atoms with Gasteiger partial charge in [0.1, 0.15) is 4.99 Å². The number of benzene rings is 2. The van der Waals surface area contributed by atoms with Crippen LogP contribution in [0.2, 0.25) is 5.02 Å². The Kier molecular flexibility index (Phi) is 4.95. The van der Waals surface area contributed by atoms with Crippen molar-refractivity contribution in [1.82, 2.24) is 0 Å². The van der Waals surface area contributed by atoms with Crippen molar-refractivity contribution in [2.45, 2.75) is 0 Å². The molecule has 0 aromatic heterocycles. The van der Waals surface area contributed by atoms with Gasteiger partial charge in [0.2, 0.25) is 0 Å². The summed E-state index contributed by atoms with van der Waals surface area (Å²) < 4.78 is 0.837. The van der Waals surface area contributed by atoms with E-state index >= 15 is 0 Å². The molecule has 0 atom stereocenters. The quantitative estimate of drug-likeness (QED) is 0.591. The SMILES string of the molecule is NC(=S)c1ccc(NC(=O)c2cc(Cl)ccc2I)cc1. The van der Waals surface area contributed by atoms with Crippen molar-refractivity contribution >= 4 is 63.0 Å². The Morgan fingerprint density at radius 2 is 1.85 bits per heavy atom. The van der Waals surface area contributed by atoms with Crippen LogP contribution in [0.1, 0.15) is 15.9 Å². The van der Waals surface area contributed by atoms with Gasteiger partial charge in [0.15, 0.2) is 0 Å². The average Bonchev–Trinajstić information content (AvgIpc) is 2.42. The van der Waals surface area contributed by atoms with Gasteiger partial charge in [-0.25, -0.2) is 0 Å². The number of amides is 1. The van der Waals surface area contributed by atoms with Gasteiger partial charge in [-0.1, -0.05) is 23.8 Å². The Morgan fingerprint density at radius 1 is 1.20 bits per heavy atom. The maximum atomic E-state index is 12.2. The largest absolute Gasteiger partial charge is 0.389 e. The second-order valence-electron chi connectivity index (χ2n) is 4.02. The molecular formula is C14H10ClIN2OS. The Bertz CT molecular complexity index is 673. The Morgan fingerprint density at radius 3 is 2.45 bits per heavy atom. The Balaban J connectivity index is 2.19. The summed E-state index contributed by atoms with van der Waals surface area (Å²) in [4.78, 5) is 12.5. The van der Waals surface area contributed by atoms with Gasteiger partial charge in [-0.3, -0.25) is 4.79 Å². The zero-order valence-corrected chi connectivity index (χ0v) is 13.9. The lowest BCUT2D eigenvalue weighted by molar-refractivity contribution is 0.102. The fraction of sp³-hybridized carbons (Fsp3) is 0. The number of anilines is 1. The molecule has 0 bridgehead atoms. The highest BCUT2D eigenvalue weighted by Gasteiger charge is 2.11. The van der Waals surface area contributed by atoms with Crippen molar-refractivity contribution in [3.63, 3.8) is 0 Å². The maximum Gasteiger partial charge on any atom is 0.256 e. The number of halogens is 2. The van der Waals surface area contributed by atoms with Gasteiger partial charge in [-0.2, -0.15) is 0 Å². The highest BCUT2D eigenvalue weighted by atomic mass is 127. The number of hydrogen-bond acceptors (Lipinski definition) is 2. The molecule has 0 radical (unpaired) electrons. The molecule has 0 saturated carbocycles. The topological polar surface area (TPSA) is 55.1 Å². The summed E-state index contributed by atoms with van der Waals surface area (Å²) in [7, 11) is 0. The third-order valence-electron chi connectivity index (χ3n) is 2.60. The molecule has 6 heteroatoms. The van der Waals surface area contributed by atoms with Gasteiger partial charge in [-0.05, 0) is 65.1 Å². The first-order valence-electron chi connectivity index (χ1n) is 5.63. The fourth-order valence-corrected chi connectivity index (χ4v) is 2.48. The molecule has 1 amide bonds. The van der Waals surface area contributed by atoms with E-state index in [1.54, 1.807) is 42.5 Å². The molecule has 0 aliphatic heterocycles. The molecule has 0 spiro atoms. The summed E-state index contributed by atoms with van der Waals surface area (Å²) >= 11 is 12.9. The second kappa shape index (κ2) is 6.51. The molecule has 2 aromatic carbocycles. The van der Waals surface area contributed by atoms with Crippen molar-refractivity contribution in [2.24, 2.45) is 5.73 Å². The van der Waals surface area contributed by atoms with Gasteiger partial charge in [0.25, 0.3) is 5.91 Å². The van der Waals surface area contributed by atoms with Crippen molar-refractivity contribution in [1.29, 1.82) is 0 Å². The lowest BCUT2D eigenvalue weighted by Crippen LogP contribution is -2.14. The Labute approximate surface area is 140 Å². The third kappa shape index (κ3) is 3.68. The summed E-state index contributed by atoms with van der Waals surface area (Å²) in [5, 5.41) is 3.33. The summed E-state index contributed by atoms with van der Waals surface area (Å²) in [6, 6.07) is 12.2. The van der Waals surface area contributed by atoms with Gasteiger partial charge in [-0.15, -0.1) is 0 Å². The van der Waals surface area contributed by atoms with Crippen molar-refractivity contribution in [2.75, 3.05) is 5.32 Å². The van der Waals surface area contributed by atoms with E-state index in [9.17, 15) is 4.79 Å². The van der Waals surface area contributed by atoms with Crippen molar-refractivity contribution in [3.05, 3.63) is 62.2 Å². The van der Waals surface area contributed by atoms with E-state index in [1.807, 2.05) is 0 Å². The predicted molar refractivity (Wildman–Crippen MR) is 94.5 cm³/mol. The maximum absolute atomic E-state index is 12.2. The van der Waals surface area contributed by atoms with Crippen LogP contribution < -0.4 is 11.1 Å². The molecule has 0 aliphatic carbocycles. The van der Waals surface area contributed by atoms with E-state index in [0.717, 1.165) is 9.13 Å². The molecule has 0 aliphatic rings. The van der Waals surface area contributed by atoms with E-state index in [1.165, 1.54) is 0 Å². The highest BCUT2D eigenvalue weighted by Crippen LogP contribution is 2.19. The first-order valence-corrected chi connectivity index (χ1v) is 7.50. The van der Waals surface area contributed by atoms with Crippen LogP contribution >= 0.6 is 46.4 Å². The van der Waals surface area contributed by atoms with Crippen molar-refractivity contribution < 1.29 is 4.79 Å². The van der Waals surface area contributed by atoms with Crippen molar-refractivity contribution in [3.8, 4) is 0 Å². The Hall–Kier alpha value is -1.18. The van der Waals surface area contributed by atoms with E-state index in [4.69, 9.17) is 29.6 Å². The number of thiocarbonyl (C=S) groups is 1. The summed E-state index contributed by atoms with van der Waals surface area (Å²) in [6.07, 6.45) is 0. The number of carbonyl (C=O) groups excluding carboxylic acids is 1. The van der Waals surface area contributed by atoms with E-state index in [2.05, 4.69) is 27.9 Å². The monoisotopic (exact) mass is 416 g/mol. The number of nitrogens with one attached hydrogen (secondary N) is 1. The van der Waals surface area contributed by atoms with Gasteiger partial charge in [0, 0.05) is 19.8 Å². The van der Waals surface area contributed by atoms with Crippen LogP contribution in [-0.2, 0) is 0 Å². The molecule has 3 nitrogen and oxygen atoms in total. The third-order valence-corrected chi connectivity index (χ3v) is 4.01. The normalized spacial score (nSPS) is 10.1. The second-order valence-corrected chi connectivity index (χ2v) is 6.06. The first kappa shape index (κ1) is 15.2. The van der Waals surface area contributed by atoms with Gasteiger partial charge in [0.05, 0.1) is 5.56 Å². The summed E-state index contributed by atoms with van der Waals surface area (Å²) in [5.74, 6) is -0.208. The minimum Gasteiger partial charge on any atom is -0.389 e. The lowest BCUT2D eigenvalue weighted by atomic mass is 10.2. The predicted octanol–water partition coefficient (Wildman–Crippen LogP) is 3.83. The summed E-state index contributed by atoms with van der Waals surface area (Å²) in [5.41, 5.74) is 7.49.